The van der Waals surface area contributed by atoms with Gasteiger partial charge in [-0.1, -0.05) is 0 Å². The monoisotopic (exact) mass is 186 g/mol. The zero-order chi connectivity index (χ0) is 4.50. The van der Waals surface area contributed by atoms with Gasteiger partial charge in [-0.05, 0) is 0 Å². The number of hydrogen-bond acceptors (Lipinski definition) is 1. The minimum absolute atomic E-state index is 0. The molecule has 0 atom stereocenters. The maximum absolute atomic E-state index is 8.88. The van der Waals surface area contributed by atoms with E-state index in [0.29, 0.717) is 0 Å². The van der Waals surface area contributed by atoms with E-state index in [9.17, 15) is 0 Å². The molecule has 4 nitrogen and oxygen atoms in total. The molecule has 0 aliphatic heterocycles. The molecule has 0 bridgehead atoms. The molecule has 8 heteroatoms. The van der Waals surface area contributed by atoms with Gasteiger partial charge in [0, 0.05) is 0 Å². The van der Waals surface area contributed by atoms with Crippen LogP contribution in [-0.4, -0.2) is 125 Å². The molecule has 0 amide bonds. The van der Waals surface area contributed by atoms with Crippen LogP contribution in [0.3, 0.4) is 0 Å². The summed E-state index contributed by atoms with van der Waals surface area (Å²) < 4.78 is 8.88. The minimum atomic E-state index is -4.64. The van der Waals surface area contributed by atoms with Crippen molar-refractivity contribution >= 4 is 118 Å². The Morgan fingerprint density at radius 3 is 1.00 bits per heavy atom. The molecule has 0 fully saturated rings. The van der Waals surface area contributed by atoms with Crippen molar-refractivity contribution < 1.29 is 19.2 Å². The van der Waals surface area contributed by atoms with Crippen LogP contribution in [0.5, 0.6) is 0 Å². The van der Waals surface area contributed by atoms with Crippen molar-refractivity contribution in [2.45, 2.75) is 0 Å². The first-order valence-electron chi connectivity index (χ1n) is 0.783. The van der Waals surface area contributed by atoms with Gasteiger partial charge in [-0.15, -0.1) is 0 Å². The van der Waals surface area contributed by atoms with Gasteiger partial charge in [-0.3, -0.25) is 0 Å². The molecule has 0 unspecified atom stereocenters. The van der Waals surface area contributed by atoms with Crippen LogP contribution in [0.15, 0.2) is 0 Å². The molecule has 0 aromatic heterocycles. The van der Waals surface area contributed by atoms with E-state index in [1.807, 2.05) is 0 Å². The molecule has 0 aromatic carbocycles. The molecular weight excluding hydrogens is 180 g/mol. The van der Waals surface area contributed by atoms with Gasteiger partial charge in [0.15, 0.2) is 0 Å². The van der Waals surface area contributed by atoms with Crippen molar-refractivity contribution in [2.24, 2.45) is 0 Å². The second kappa shape index (κ2) is 10.7. The maximum atomic E-state index is 8.88. The molecule has 0 aliphatic carbocycles. The Labute approximate surface area is 134 Å². The van der Waals surface area contributed by atoms with Crippen molar-refractivity contribution in [3.63, 3.8) is 0 Å². The fourth-order valence-electron chi connectivity index (χ4n) is 0. The first kappa shape index (κ1) is 22.6. The topological polar surface area (TPSA) is 77.8 Å². The van der Waals surface area contributed by atoms with E-state index >= 15 is 0 Å². The fourth-order valence-corrected chi connectivity index (χ4v) is 0. The summed E-state index contributed by atoms with van der Waals surface area (Å²) in [6.45, 7) is 0. The third kappa shape index (κ3) is 53.1. The molecule has 0 spiro atoms. The van der Waals surface area contributed by atoms with Gasteiger partial charge in [-0.2, -0.15) is 0 Å². The van der Waals surface area contributed by atoms with Gasteiger partial charge >= 0.3 is 118 Å². The fraction of sp³-hybridized carbons (Fsp3) is 0. The van der Waals surface area contributed by atoms with Crippen LogP contribution in [-0.2, 0) is 4.57 Å². The summed E-state index contributed by atoms with van der Waals surface area (Å²) in [5.74, 6) is 0. The third-order valence-corrected chi connectivity index (χ3v) is 0. The van der Waals surface area contributed by atoms with Crippen molar-refractivity contribution in [1.82, 2.24) is 0 Å². The van der Waals surface area contributed by atoms with Crippen LogP contribution >= 0.6 is 7.82 Å². The van der Waals surface area contributed by atoms with E-state index < -0.39 is 7.82 Å². The SMILES string of the molecule is O=P(O)(O)O.[KH].[NaH].[NaH]. The summed E-state index contributed by atoms with van der Waals surface area (Å²) in [5.41, 5.74) is 0. The summed E-state index contributed by atoms with van der Waals surface area (Å²) in [6, 6.07) is 0. The summed E-state index contributed by atoms with van der Waals surface area (Å²) in [6.07, 6.45) is 0. The summed E-state index contributed by atoms with van der Waals surface area (Å²) >= 11 is 0. The molecule has 38 valence electrons. The summed E-state index contributed by atoms with van der Waals surface area (Å²) in [4.78, 5) is 21.6. The average Bonchev–Trinajstić information content (AvgIpc) is 0.722. The molecule has 0 aliphatic rings. The van der Waals surface area contributed by atoms with Gasteiger partial charge in [0.05, 0.1) is 0 Å². The normalized spacial score (nSPS) is 7.38. The van der Waals surface area contributed by atoms with Crippen LogP contribution in [0.1, 0.15) is 0 Å². The Balaban J connectivity index is -0.0000000267. The predicted octanol–water partition coefficient (Wildman–Crippen LogP) is -2.87. The van der Waals surface area contributed by atoms with Crippen molar-refractivity contribution in [3.05, 3.63) is 0 Å². The molecule has 0 rings (SSSR count). The standard InChI is InChI=1S/K.2Na.H3O4P.3H/c;;;1-5(2,3)4;;;/h;;;(H3,1,2,3,4);;;. The van der Waals surface area contributed by atoms with E-state index in [2.05, 4.69) is 0 Å². The zero-order valence-electron chi connectivity index (χ0n) is 2.20. The van der Waals surface area contributed by atoms with Gasteiger partial charge in [0.25, 0.3) is 0 Å². The van der Waals surface area contributed by atoms with Crippen LogP contribution < -0.4 is 0 Å². The molecule has 0 saturated carbocycles. The average molecular weight is 186 g/mol. The second-order valence-corrected chi connectivity index (χ2v) is 1.54. The molecule has 8 heavy (non-hydrogen) atoms. The van der Waals surface area contributed by atoms with Gasteiger partial charge in [0.1, 0.15) is 0 Å². The Hall–Kier alpha value is 3.75. The van der Waals surface area contributed by atoms with Crippen LogP contribution in [0.2, 0.25) is 0 Å². The molecular formula is H6KNa2O4P. The predicted molar refractivity (Wildman–Crippen MR) is 35.7 cm³/mol. The Morgan fingerprint density at radius 2 is 1.00 bits per heavy atom. The first-order chi connectivity index (χ1) is 2.00. The molecule has 0 heterocycles. The van der Waals surface area contributed by atoms with Gasteiger partial charge in [-0.25, -0.2) is 4.57 Å². The Morgan fingerprint density at radius 1 is 1.00 bits per heavy atom. The van der Waals surface area contributed by atoms with Crippen LogP contribution in [0, 0.1) is 0 Å². The summed E-state index contributed by atoms with van der Waals surface area (Å²) in [5, 5.41) is 0. The summed E-state index contributed by atoms with van der Waals surface area (Å²) in [7, 11) is -4.64. The van der Waals surface area contributed by atoms with Crippen molar-refractivity contribution in [3.8, 4) is 0 Å². The molecule has 0 radical (unpaired) electrons. The van der Waals surface area contributed by atoms with Crippen molar-refractivity contribution in [1.29, 1.82) is 0 Å². The van der Waals surface area contributed by atoms with E-state index in [1.54, 1.807) is 0 Å². The molecule has 3 N–H and O–H groups in total. The quantitative estimate of drug-likeness (QED) is 0.280. The molecule has 0 aromatic rings. The van der Waals surface area contributed by atoms with Crippen LogP contribution in [0.25, 0.3) is 0 Å². The third-order valence-electron chi connectivity index (χ3n) is 0. The van der Waals surface area contributed by atoms with Crippen molar-refractivity contribution in [2.75, 3.05) is 0 Å². The Bertz CT molecular complexity index is 60.2. The number of hydrogen-bond donors (Lipinski definition) is 3. The number of phosphoric acid groups is 1. The second-order valence-electron chi connectivity index (χ2n) is 0.513. The van der Waals surface area contributed by atoms with Gasteiger partial charge in [0.2, 0.25) is 0 Å². The first-order valence-corrected chi connectivity index (χ1v) is 2.35. The molecule has 0 saturated heterocycles. The van der Waals surface area contributed by atoms with E-state index in [1.165, 1.54) is 0 Å². The van der Waals surface area contributed by atoms with E-state index in [0.717, 1.165) is 0 Å². The van der Waals surface area contributed by atoms with Gasteiger partial charge < -0.3 is 14.7 Å². The Kier molecular flexibility index (Phi) is 30.4. The van der Waals surface area contributed by atoms with E-state index in [-0.39, 0.29) is 110 Å². The number of rotatable bonds is 0. The van der Waals surface area contributed by atoms with Crippen LogP contribution in [0.4, 0.5) is 0 Å². The van der Waals surface area contributed by atoms with E-state index in [4.69, 9.17) is 19.2 Å². The zero-order valence-corrected chi connectivity index (χ0v) is 3.09.